The first-order valence-electron chi connectivity index (χ1n) is 5.36. The number of rotatable bonds is 6. The smallest absolute Gasteiger partial charge is 0.404 e. The van der Waals surface area contributed by atoms with Gasteiger partial charge in [-0.3, -0.25) is 0 Å². The van der Waals surface area contributed by atoms with Crippen molar-refractivity contribution in [3.05, 3.63) is 35.6 Å². The molecule has 5 nitrogen and oxygen atoms in total. The van der Waals surface area contributed by atoms with Crippen molar-refractivity contribution in [1.82, 2.24) is 0 Å². The lowest BCUT2D eigenvalue weighted by Gasteiger charge is -2.23. The molecule has 0 aliphatic heterocycles. The Kier molecular flexibility index (Phi) is 5.54. The molecule has 2 N–H and O–H groups in total. The van der Waals surface area contributed by atoms with Gasteiger partial charge in [0.1, 0.15) is 24.8 Å². The van der Waals surface area contributed by atoms with E-state index < -0.39 is 18.3 Å². The highest BCUT2D eigenvalue weighted by Crippen LogP contribution is 2.23. The molecule has 0 saturated heterocycles. The molecule has 1 aromatic rings. The molecule has 1 amide bonds. The molecule has 0 aromatic heterocycles. The van der Waals surface area contributed by atoms with Crippen molar-refractivity contribution in [2.75, 3.05) is 13.9 Å². The molecule has 0 fully saturated rings. The molecule has 0 aliphatic carbocycles. The third kappa shape index (κ3) is 4.31. The van der Waals surface area contributed by atoms with Crippen LogP contribution in [0.1, 0.15) is 18.6 Å². The van der Waals surface area contributed by atoms with Gasteiger partial charge in [-0.25, -0.2) is 9.18 Å². The Hall–Kier alpha value is -1.66. The van der Waals surface area contributed by atoms with Gasteiger partial charge in [-0.1, -0.05) is 12.1 Å². The molecule has 6 heteroatoms. The van der Waals surface area contributed by atoms with E-state index in [2.05, 4.69) is 0 Å². The average molecular weight is 257 g/mol. The Morgan fingerprint density at radius 3 is 2.50 bits per heavy atom. The fourth-order valence-electron chi connectivity index (χ4n) is 1.54. The number of carbonyl (C=O) groups is 1. The standard InChI is InChI=1S/C12H16FNO4/c1-8(18-12(14)15)11(17-7-16-2)9-3-5-10(13)6-4-9/h3-6,8,11H,7H2,1-2H3,(H2,14,15). The second-order valence-corrected chi connectivity index (χ2v) is 3.69. The van der Waals surface area contributed by atoms with Gasteiger partial charge in [0.2, 0.25) is 0 Å². The van der Waals surface area contributed by atoms with E-state index in [9.17, 15) is 9.18 Å². The number of hydrogen-bond donors (Lipinski definition) is 1. The van der Waals surface area contributed by atoms with Crippen LogP contribution in [0, 0.1) is 5.82 Å². The van der Waals surface area contributed by atoms with E-state index in [0.717, 1.165) is 0 Å². The minimum atomic E-state index is -0.893. The van der Waals surface area contributed by atoms with Crippen LogP contribution in [0.25, 0.3) is 0 Å². The Morgan fingerprint density at radius 1 is 1.39 bits per heavy atom. The summed E-state index contributed by atoms with van der Waals surface area (Å²) >= 11 is 0. The minimum Gasteiger partial charge on any atom is -0.444 e. The van der Waals surface area contributed by atoms with Crippen LogP contribution in [0.2, 0.25) is 0 Å². The molecule has 18 heavy (non-hydrogen) atoms. The fourth-order valence-corrected chi connectivity index (χ4v) is 1.54. The lowest BCUT2D eigenvalue weighted by atomic mass is 10.1. The first-order chi connectivity index (χ1) is 8.54. The summed E-state index contributed by atoms with van der Waals surface area (Å²) in [6.07, 6.45) is -2.07. The van der Waals surface area contributed by atoms with E-state index >= 15 is 0 Å². The highest BCUT2D eigenvalue weighted by Gasteiger charge is 2.23. The van der Waals surface area contributed by atoms with Crippen LogP contribution in [0.4, 0.5) is 9.18 Å². The van der Waals surface area contributed by atoms with Crippen molar-refractivity contribution in [2.45, 2.75) is 19.1 Å². The number of primary amides is 1. The van der Waals surface area contributed by atoms with Gasteiger partial charge in [0, 0.05) is 7.11 Å². The third-order valence-corrected chi connectivity index (χ3v) is 2.29. The molecule has 2 unspecified atom stereocenters. The summed E-state index contributed by atoms with van der Waals surface area (Å²) in [6, 6.07) is 5.71. The zero-order chi connectivity index (χ0) is 13.5. The quantitative estimate of drug-likeness (QED) is 0.791. The fraction of sp³-hybridized carbons (Fsp3) is 0.417. The molecule has 0 radical (unpaired) electrons. The third-order valence-electron chi connectivity index (χ3n) is 2.29. The number of ether oxygens (including phenoxy) is 3. The molecule has 0 spiro atoms. The molecular formula is C12H16FNO4. The summed E-state index contributed by atoms with van der Waals surface area (Å²) < 4.78 is 27.9. The molecule has 0 bridgehead atoms. The summed E-state index contributed by atoms with van der Waals surface area (Å²) in [5.41, 5.74) is 5.62. The lowest BCUT2D eigenvalue weighted by Crippen LogP contribution is -2.28. The molecule has 2 atom stereocenters. The Labute approximate surface area is 105 Å². The predicted molar refractivity (Wildman–Crippen MR) is 62.2 cm³/mol. The number of benzene rings is 1. The van der Waals surface area contributed by atoms with Gasteiger partial charge in [-0.15, -0.1) is 0 Å². The monoisotopic (exact) mass is 257 g/mol. The normalized spacial score (nSPS) is 13.9. The van der Waals surface area contributed by atoms with Gasteiger partial charge in [-0.05, 0) is 24.6 Å². The maximum atomic E-state index is 12.8. The summed E-state index contributed by atoms with van der Waals surface area (Å²) in [5, 5.41) is 0. The molecular weight excluding hydrogens is 241 g/mol. The van der Waals surface area contributed by atoms with E-state index in [1.165, 1.54) is 19.2 Å². The van der Waals surface area contributed by atoms with Gasteiger partial charge in [-0.2, -0.15) is 0 Å². The maximum Gasteiger partial charge on any atom is 0.404 e. The number of hydrogen-bond acceptors (Lipinski definition) is 4. The van der Waals surface area contributed by atoms with Crippen molar-refractivity contribution < 1.29 is 23.4 Å². The number of amides is 1. The summed E-state index contributed by atoms with van der Waals surface area (Å²) in [6.45, 7) is 1.66. The van der Waals surface area contributed by atoms with Crippen molar-refractivity contribution in [3.63, 3.8) is 0 Å². The van der Waals surface area contributed by atoms with Crippen LogP contribution in [0.15, 0.2) is 24.3 Å². The van der Waals surface area contributed by atoms with E-state index in [0.29, 0.717) is 5.56 Å². The number of halogens is 1. The maximum absolute atomic E-state index is 12.8. The van der Waals surface area contributed by atoms with Crippen LogP contribution >= 0.6 is 0 Å². The molecule has 1 rings (SSSR count). The van der Waals surface area contributed by atoms with Gasteiger partial charge < -0.3 is 19.9 Å². The Morgan fingerprint density at radius 2 is 2.00 bits per heavy atom. The molecule has 100 valence electrons. The van der Waals surface area contributed by atoms with Crippen LogP contribution in [-0.2, 0) is 14.2 Å². The summed E-state index contributed by atoms with van der Waals surface area (Å²) in [7, 11) is 1.47. The van der Waals surface area contributed by atoms with Gasteiger partial charge in [0.05, 0.1) is 0 Å². The van der Waals surface area contributed by atoms with Crippen LogP contribution in [0.5, 0.6) is 0 Å². The number of nitrogens with two attached hydrogens (primary N) is 1. The first kappa shape index (κ1) is 14.4. The highest BCUT2D eigenvalue weighted by atomic mass is 19.1. The number of methoxy groups -OCH3 is 1. The molecule has 1 aromatic carbocycles. The second kappa shape index (κ2) is 6.93. The highest BCUT2D eigenvalue weighted by molar-refractivity contribution is 5.64. The summed E-state index contributed by atoms with van der Waals surface area (Å²) in [4.78, 5) is 10.7. The predicted octanol–water partition coefficient (Wildman–Crippen LogP) is 1.97. The lowest BCUT2D eigenvalue weighted by molar-refractivity contribution is -0.111. The van der Waals surface area contributed by atoms with Gasteiger partial charge in [0.25, 0.3) is 0 Å². The minimum absolute atomic E-state index is 0.0223. The zero-order valence-electron chi connectivity index (χ0n) is 10.3. The molecule has 0 aliphatic rings. The van der Waals surface area contributed by atoms with Crippen LogP contribution in [-0.4, -0.2) is 26.1 Å². The van der Waals surface area contributed by atoms with Crippen molar-refractivity contribution in [1.29, 1.82) is 0 Å². The van der Waals surface area contributed by atoms with E-state index in [-0.39, 0.29) is 12.6 Å². The van der Waals surface area contributed by atoms with Crippen LogP contribution < -0.4 is 5.73 Å². The molecule has 0 heterocycles. The van der Waals surface area contributed by atoms with Gasteiger partial charge >= 0.3 is 6.09 Å². The van der Waals surface area contributed by atoms with Gasteiger partial charge in [0.15, 0.2) is 0 Å². The van der Waals surface area contributed by atoms with Crippen LogP contribution in [0.3, 0.4) is 0 Å². The van der Waals surface area contributed by atoms with E-state index in [1.54, 1.807) is 19.1 Å². The SMILES string of the molecule is COCOC(c1ccc(F)cc1)C(C)OC(N)=O. The van der Waals surface area contributed by atoms with Crippen molar-refractivity contribution in [2.24, 2.45) is 5.73 Å². The average Bonchev–Trinajstić information content (AvgIpc) is 2.31. The summed E-state index contributed by atoms with van der Waals surface area (Å²) in [5.74, 6) is -0.354. The topological polar surface area (TPSA) is 70.8 Å². The molecule has 0 saturated carbocycles. The van der Waals surface area contributed by atoms with E-state index in [4.69, 9.17) is 19.9 Å². The first-order valence-corrected chi connectivity index (χ1v) is 5.36. The Balaban J connectivity index is 2.82. The zero-order valence-corrected chi connectivity index (χ0v) is 10.3. The second-order valence-electron chi connectivity index (χ2n) is 3.69. The Bertz CT molecular complexity index is 382. The number of carbonyl (C=O) groups excluding carboxylic acids is 1. The van der Waals surface area contributed by atoms with E-state index in [1.807, 2.05) is 0 Å². The largest absolute Gasteiger partial charge is 0.444 e. The van der Waals surface area contributed by atoms with Crippen molar-refractivity contribution in [3.8, 4) is 0 Å². The van der Waals surface area contributed by atoms with Crippen molar-refractivity contribution >= 4 is 6.09 Å².